The van der Waals surface area contributed by atoms with Gasteiger partial charge in [-0.1, -0.05) is 54.6 Å². The molecular weight excluding hydrogens is 348 g/mol. The molecule has 0 bridgehead atoms. The largest absolute Gasteiger partial charge is 0.348 e. The van der Waals surface area contributed by atoms with E-state index >= 15 is 0 Å². The van der Waals surface area contributed by atoms with Gasteiger partial charge in [-0.15, -0.1) is 0 Å². The Morgan fingerprint density at radius 1 is 0.964 bits per heavy atom. The molecule has 1 heterocycles. The molecule has 0 atom stereocenters. The lowest BCUT2D eigenvalue weighted by Gasteiger charge is -2.11. The molecule has 28 heavy (non-hydrogen) atoms. The third-order valence-electron chi connectivity index (χ3n) is 4.76. The molecule has 0 saturated carbocycles. The van der Waals surface area contributed by atoms with Crippen LogP contribution in [0.1, 0.15) is 38.4 Å². The summed E-state index contributed by atoms with van der Waals surface area (Å²) in [5.41, 5.74) is 5.82. The second-order valence-corrected chi connectivity index (χ2v) is 7.43. The van der Waals surface area contributed by atoms with Crippen molar-refractivity contribution < 1.29 is 4.79 Å². The first-order valence-corrected chi connectivity index (χ1v) is 9.52. The third kappa shape index (κ3) is 4.87. The number of aromatic nitrogens is 2. The standard InChI is InChI=1S/C23H28N4O/c1-17-22(18(2)27(25-17)16-20-8-6-5-7-9-20)23(28)24-14-19-10-12-21(13-11-19)15-26(3)4/h5-13H,14-16H2,1-4H3,(H,24,28). The van der Waals surface area contributed by atoms with Gasteiger partial charge in [-0.05, 0) is 44.6 Å². The summed E-state index contributed by atoms with van der Waals surface area (Å²) < 4.78 is 1.90. The van der Waals surface area contributed by atoms with Crippen LogP contribution in [0.15, 0.2) is 54.6 Å². The second-order valence-electron chi connectivity index (χ2n) is 7.43. The number of rotatable bonds is 7. The molecule has 0 radical (unpaired) electrons. The Labute approximate surface area is 167 Å². The van der Waals surface area contributed by atoms with E-state index in [4.69, 9.17) is 0 Å². The Hall–Kier alpha value is -2.92. The average Bonchev–Trinajstić information content (AvgIpc) is 2.94. The summed E-state index contributed by atoms with van der Waals surface area (Å²) in [6.07, 6.45) is 0. The van der Waals surface area contributed by atoms with Gasteiger partial charge in [0, 0.05) is 18.8 Å². The highest BCUT2D eigenvalue weighted by atomic mass is 16.1. The molecule has 3 rings (SSSR count). The van der Waals surface area contributed by atoms with Gasteiger partial charge < -0.3 is 10.2 Å². The van der Waals surface area contributed by atoms with E-state index < -0.39 is 0 Å². The first-order chi connectivity index (χ1) is 13.4. The van der Waals surface area contributed by atoms with Crippen LogP contribution >= 0.6 is 0 Å². The highest BCUT2D eigenvalue weighted by Gasteiger charge is 2.18. The zero-order valence-corrected chi connectivity index (χ0v) is 17.1. The molecule has 0 aliphatic carbocycles. The predicted molar refractivity (Wildman–Crippen MR) is 112 cm³/mol. The van der Waals surface area contributed by atoms with Crippen molar-refractivity contribution in [3.05, 3.63) is 88.2 Å². The molecule has 0 fully saturated rings. The van der Waals surface area contributed by atoms with Crippen LogP contribution in [0.2, 0.25) is 0 Å². The van der Waals surface area contributed by atoms with Crippen LogP contribution in [-0.4, -0.2) is 34.7 Å². The fraction of sp³-hybridized carbons (Fsp3) is 0.304. The Balaban J connectivity index is 1.66. The number of amides is 1. The van der Waals surface area contributed by atoms with Crippen LogP contribution in [0.5, 0.6) is 0 Å². The number of benzene rings is 2. The van der Waals surface area contributed by atoms with E-state index in [1.54, 1.807) is 0 Å². The van der Waals surface area contributed by atoms with Crippen LogP contribution < -0.4 is 5.32 Å². The van der Waals surface area contributed by atoms with Gasteiger partial charge in [0.25, 0.3) is 5.91 Å². The summed E-state index contributed by atoms with van der Waals surface area (Å²) in [6, 6.07) is 18.5. The first kappa shape index (κ1) is 19.8. The van der Waals surface area contributed by atoms with Gasteiger partial charge in [0.15, 0.2) is 0 Å². The highest BCUT2D eigenvalue weighted by molar-refractivity contribution is 5.96. The van der Waals surface area contributed by atoms with E-state index in [0.717, 1.165) is 29.1 Å². The molecule has 1 aromatic heterocycles. The van der Waals surface area contributed by atoms with Crippen molar-refractivity contribution >= 4 is 5.91 Å². The van der Waals surface area contributed by atoms with Gasteiger partial charge >= 0.3 is 0 Å². The first-order valence-electron chi connectivity index (χ1n) is 9.52. The molecule has 5 nitrogen and oxygen atoms in total. The summed E-state index contributed by atoms with van der Waals surface area (Å²) in [5.74, 6) is -0.0771. The fourth-order valence-corrected chi connectivity index (χ4v) is 3.33. The summed E-state index contributed by atoms with van der Waals surface area (Å²) in [4.78, 5) is 14.9. The molecular formula is C23H28N4O. The SMILES string of the molecule is Cc1nn(Cc2ccccc2)c(C)c1C(=O)NCc1ccc(CN(C)C)cc1. The maximum absolute atomic E-state index is 12.8. The number of aryl methyl sites for hydroxylation is 1. The molecule has 2 aromatic carbocycles. The topological polar surface area (TPSA) is 50.2 Å². The van der Waals surface area contributed by atoms with Crippen molar-refractivity contribution in [2.24, 2.45) is 0 Å². The summed E-state index contributed by atoms with van der Waals surface area (Å²) in [5, 5.41) is 7.60. The summed E-state index contributed by atoms with van der Waals surface area (Å²) in [6.45, 7) is 5.91. The van der Waals surface area contributed by atoms with E-state index in [1.165, 1.54) is 5.56 Å². The molecule has 3 aromatic rings. The molecule has 0 aliphatic rings. The minimum Gasteiger partial charge on any atom is -0.348 e. The van der Waals surface area contributed by atoms with Crippen LogP contribution in [0.4, 0.5) is 0 Å². The van der Waals surface area contributed by atoms with E-state index in [0.29, 0.717) is 18.7 Å². The second kappa shape index (κ2) is 8.85. The molecule has 1 N–H and O–H groups in total. The van der Waals surface area contributed by atoms with Crippen molar-refractivity contribution in [3.63, 3.8) is 0 Å². The Bertz CT molecular complexity index is 927. The number of carbonyl (C=O) groups excluding carboxylic acids is 1. The minimum absolute atomic E-state index is 0.0771. The van der Waals surface area contributed by atoms with E-state index in [-0.39, 0.29) is 5.91 Å². The Kier molecular flexibility index (Phi) is 6.26. The van der Waals surface area contributed by atoms with Crippen molar-refractivity contribution in [2.75, 3.05) is 14.1 Å². The van der Waals surface area contributed by atoms with Gasteiger partial charge in [0.2, 0.25) is 0 Å². The van der Waals surface area contributed by atoms with Gasteiger partial charge in [-0.3, -0.25) is 9.48 Å². The smallest absolute Gasteiger partial charge is 0.255 e. The zero-order valence-electron chi connectivity index (χ0n) is 17.1. The lowest BCUT2D eigenvalue weighted by atomic mass is 10.1. The maximum Gasteiger partial charge on any atom is 0.255 e. The van der Waals surface area contributed by atoms with Crippen LogP contribution in [-0.2, 0) is 19.6 Å². The van der Waals surface area contributed by atoms with Crippen molar-refractivity contribution in [3.8, 4) is 0 Å². The van der Waals surface area contributed by atoms with E-state index in [9.17, 15) is 4.79 Å². The molecule has 1 amide bonds. The fourth-order valence-electron chi connectivity index (χ4n) is 3.33. The van der Waals surface area contributed by atoms with Gasteiger partial charge in [-0.25, -0.2) is 0 Å². The molecule has 0 unspecified atom stereocenters. The summed E-state index contributed by atoms with van der Waals surface area (Å²) >= 11 is 0. The number of nitrogens with zero attached hydrogens (tertiary/aromatic N) is 3. The normalized spacial score (nSPS) is 11.0. The molecule has 5 heteroatoms. The predicted octanol–water partition coefficient (Wildman–Crippen LogP) is 3.54. The Morgan fingerprint density at radius 2 is 1.61 bits per heavy atom. The quantitative estimate of drug-likeness (QED) is 0.686. The maximum atomic E-state index is 12.8. The van der Waals surface area contributed by atoms with Gasteiger partial charge in [-0.2, -0.15) is 5.10 Å². The number of carbonyl (C=O) groups is 1. The van der Waals surface area contributed by atoms with Crippen LogP contribution in [0.25, 0.3) is 0 Å². The Morgan fingerprint density at radius 3 is 2.25 bits per heavy atom. The van der Waals surface area contributed by atoms with Crippen LogP contribution in [0.3, 0.4) is 0 Å². The molecule has 146 valence electrons. The van der Waals surface area contributed by atoms with Crippen molar-refractivity contribution in [2.45, 2.75) is 33.5 Å². The lowest BCUT2D eigenvalue weighted by Crippen LogP contribution is -2.24. The van der Waals surface area contributed by atoms with Gasteiger partial charge in [0.1, 0.15) is 0 Å². The number of nitrogens with one attached hydrogen (secondary N) is 1. The number of hydrogen-bond acceptors (Lipinski definition) is 3. The molecule has 0 spiro atoms. The monoisotopic (exact) mass is 376 g/mol. The van der Waals surface area contributed by atoms with Gasteiger partial charge in [0.05, 0.1) is 17.8 Å². The molecule has 0 saturated heterocycles. The highest BCUT2D eigenvalue weighted by Crippen LogP contribution is 2.15. The summed E-state index contributed by atoms with van der Waals surface area (Å²) in [7, 11) is 4.10. The average molecular weight is 377 g/mol. The zero-order chi connectivity index (χ0) is 20.1. The van der Waals surface area contributed by atoms with Crippen molar-refractivity contribution in [1.29, 1.82) is 0 Å². The third-order valence-corrected chi connectivity index (χ3v) is 4.76. The van der Waals surface area contributed by atoms with E-state index in [2.05, 4.69) is 65.8 Å². The minimum atomic E-state index is -0.0771. The lowest BCUT2D eigenvalue weighted by molar-refractivity contribution is 0.0949. The molecule has 0 aliphatic heterocycles. The number of hydrogen-bond donors (Lipinski definition) is 1. The van der Waals surface area contributed by atoms with Crippen LogP contribution in [0, 0.1) is 13.8 Å². The van der Waals surface area contributed by atoms with Crippen molar-refractivity contribution in [1.82, 2.24) is 20.0 Å². The van der Waals surface area contributed by atoms with E-state index in [1.807, 2.05) is 36.7 Å².